The molecule has 122 valence electrons. The molecule has 0 saturated heterocycles. The minimum absolute atomic E-state index is 0.486. The molecule has 2 aromatic carbocycles. The van der Waals surface area contributed by atoms with Crippen molar-refractivity contribution in [1.29, 1.82) is 0 Å². The van der Waals surface area contributed by atoms with Gasteiger partial charge >= 0.3 is 0 Å². The Balaban J connectivity index is 2.09. The second-order valence-electron chi connectivity index (χ2n) is 6.21. The Morgan fingerprint density at radius 3 is 2.48 bits per heavy atom. The van der Waals surface area contributed by atoms with Crippen LogP contribution in [0.2, 0.25) is 0 Å². The first-order chi connectivity index (χ1) is 11.1. The summed E-state index contributed by atoms with van der Waals surface area (Å²) in [5.41, 5.74) is 3.79. The highest BCUT2D eigenvalue weighted by Gasteiger charge is 2.12. The van der Waals surface area contributed by atoms with Crippen molar-refractivity contribution in [2.24, 2.45) is 5.92 Å². The van der Waals surface area contributed by atoms with Gasteiger partial charge in [-0.15, -0.1) is 0 Å². The predicted octanol–water partition coefficient (Wildman–Crippen LogP) is 4.87. The third kappa shape index (κ3) is 5.26. The second kappa shape index (κ2) is 8.54. The molecule has 0 aliphatic heterocycles. The molecule has 0 radical (unpaired) electrons. The number of benzene rings is 2. The van der Waals surface area contributed by atoms with Crippen LogP contribution in [0.25, 0.3) is 5.57 Å². The van der Waals surface area contributed by atoms with E-state index in [1.807, 2.05) is 24.3 Å². The number of ether oxygens (including phenoxy) is 1. The van der Waals surface area contributed by atoms with E-state index < -0.39 is 0 Å². The van der Waals surface area contributed by atoms with E-state index in [2.05, 4.69) is 69.3 Å². The summed E-state index contributed by atoms with van der Waals surface area (Å²) in [7, 11) is 4.23. The molecule has 2 heteroatoms. The molecule has 0 aromatic heterocycles. The lowest BCUT2D eigenvalue weighted by atomic mass is 9.93. The molecular weight excluding hydrogens is 282 g/mol. The van der Waals surface area contributed by atoms with Gasteiger partial charge < -0.3 is 9.64 Å². The van der Waals surface area contributed by atoms with Crippen molar-refractivity contribution >= 4 is 5.57 Å². The minimum Gasteiger partial charge on any atom is -0.489 e. The molecule has 2 aromatic rings. The molecule has 2 nitrogen and oxygen atoms in total. The van der Waals surface area contributed by atoms with Gasteiger partial charge in [0.2, 0.25) is 0 Å². The third-order valence-corrected chi connectivity index (χ3v) is 3.90. The van der Waals surface area contributed by atoms with E-state index in [0.717, 1.165) is 12.3 Å². The zero-order chi connectivity index (χ0) is 16.7. The first-order valence-electron chi connectivity index (χ1n) is 8.18. The Labute approximate surface area is 140 Å². The van der Waals surface area contributed by atoms with Crippen LogP contribution in [0, 0.1) is 5.92 Å². The second-order valence-corrected chi connectivity index (χ2v) is 6.21. The monoisotopic (exact) mass is 309 g/mol. The van der Waals surface area contributed by atoms with Crippen molar-refractivity contribution in [3.05, 3.63) is 71.8 Å². The first-order valence-corrected chi connectivity index (χ1v) is 8.18. The number of hydrogen-bond donors (Lipinski definition) is 0. The van der Waals surface area contributed by atoms with Crippen LogP contribution in [0.3, 0.4) is 0 Å². The van der Waals surface area contributed by atoms with Crippen molar-refractivity contribution in [3.8, 4) is 5.75 Å². The topological polar surface area (TPSA) is 12.5 Å². The van der Waals surface area contributed by atoms with Crippen molar-refractivity contribution in [2.45, 2.75) is 20.5 Å². The normalized spacial score (nSPS) is 13.2. The van der Waals surface area contributed by atoms with E-state index in [0.29, 0.717) is 12.5 Å². The Hall–Kier alpha value is -2.06. The van der Waals surface area contributed by atoms with E-state index >= 15 is 0 Å². The maximum atomic E-state index is 5.95. The van der Waals surface area contributed by atoms with Gasteiger partial charge in [0.1, 0.15) is 12.4 Å². The van der Waals surface area contributed by atoms with Gasteiger partial charge in [-0.2, -0.15) is 0 Å². The fourth-order valence-corrected chi connectivity index (χ4v) is 2.89. The quantitative estimate of drug-likeness (QED) is 0.723. The van der Waals surface area contributed by atoms with Gasteiger partial charge in [0, 0.05) is 6.54 Å². The summed E-state index contributed by atoms with van der Waals surface area (Å²) in [6, 6.07) is 18.7. The highest BCUT2D eigenvalue weighted by molar-refractivity contribution is 5.68. The Kier molecular flexibility index (Phi) is 6.42. The van der Waals surface area contributed by atoms with Gasteiger partial charge in [0.05, 0.1) is 0 Å². The summed E-state index contributed by atoms with van der Waals surface area (Å²) in [5.74, 6) is 1.40. The molecule has 0 bridgehead atoms. The summed E-state index contributed by atoms with van der Waals surface area (Å²) in [6.45, 7) is 6.02. The van der Waals surface area contributed by atoms with Crippen LogP contribution < -0.4 is 4.74 Å². The fourth-order valence-electron chi connectivity index (χ4n) is 2.89. The average molecular weight is 309 g/mol. The van der Waals surface area contributed by atoms with Gasteiger partial charge in [-0.25, -0.2) is 0 Å². The van der Waals surface area contributed by atoms with Crippen LogP contribution in [-0.2, 0) is 6.61 Å². The van der Waals surface area contributed by atoms with Crippen molar-refractivity contribution in [2.75, 3.05) is 20.6 Å². The van der Waals surface area contributed by atoms with Gasteiger partial charge in [-0.05, 0) is 55.8 Å². The van der Waals surface area contributed by atoms with Crippen LogP contribution in [0.5, 0.6) is 5.75 Å². The molecule has 0 N–H and O–H groups in total. The first kappa shape index (κ1) is 17.3. The predicted molar refractivity (Wildman–Crippen MR) is 98.6 cm³/mol. The smallest absolute Gasteiger partial charge is 0.120 e. The zero-order valence-electron chi connectivity index (χ0n) is 14.6. The number of rotatable bonds is 7. The largest absolute Gasteiger partial charge is 0.489 e. The molecule has 23 heavy (non-hydrogen) atoms. The van der Waals surface area contributed by atoms with Gasteiger partial charge in [-0.1, -0.05) is 55.5 Å². The lowest BCUT2D eigenvalue weighted by Crippen LogP contribution is -2.20. The van der Waals surface area contributed by atoms with Gasteiger partial charge in [0.15, 0.2) is 0 Å². The molecule has 0 aliphatic carbocycles. The maximum absolute atomic E-state index is 5.95. The molecule has 0 fully saturated rings. The van der Waals surface area contributed by atoms with Crippen LogP contribution >= 0.6 is 0 Å². The minimum atomic E-state index is 0.486. The summed E-state index contributed by atoms with van der Waals surface area (Å²) < 4.78 is 5.95. The average Bonchev–Trinajstić information content (AvgIpc) is 2.54. The molecule has 0 unspecified atom stereocenters. The van der Waals surface area contributed by atoms with E-state index in [-0.39, 0.29) is 0 Å². The number of allylic oxidation sites excluding steroid dienone is 1. The lowest BCUT2D eigenvalue weighted by Gasteiger charge is -2.20. The summed E-state index contributed by atoms with van der Waals surface area (Å²) in [4.78, 5) is 2.23. The third-order valence-electron chi connectivity index (χ3n) is 3.90. The molecule has 1 atom stereocenters. The fraction of sp³-hybridized carbons (Fsp3) is 0.333. The SMILES string of the molecule is CC=C(c1cccc(OCc2ccccc2)c1)[C@@H](C)CN(C)C. The Bertz CT molecular complexity index is 631. The molecule has 0 heterocycles. The van der Waals surface area contributed by atoms with Crippen molar-refractivity contribution in [1.82, 2.24) is 4.90 Å². The van der Waals surface area contributed by atoms with E-state index in [1.54, 1.807) is 0 Å². The highest BCUT2D eigenvalue weighted by Crippen LogP contribution is 2.27. The van der Waals surface area contributed by atoms with E-state index in [1.165, 1.54) is 16.7 Å². The Morgan fingerprint density at radius 2 is 1.83 bits per heavy atom. The van der Waals surface area contributed by atoms with Crippen LogP contribution in [0.1, 0.15) is 25.0 Å². The molecule has 0 saturated carbocycles. The molecule has 2 rings (SSSR count). The van der Waals surface area contributed by atoms with Crippen molar-refractivity contribution < 1.29 is 4.74 Å². The molecular formula is C21H27NO. The van der Waals surface area contributed by atoms with Gasteiger partial charge in [0.25, 0.3) is 0 Å². The summed E-state index contributed by atoms with van der Waals surface area (Å²) in [6.07, 6.45) is 2.21. The van der Waals surface area contributed by atoms with Crippen LogP contribution in [-0.4, -0.2) is 25.5 Å². The van der Waals surface area contributed by atoms with Crippen LogP contribution in [0.4, 0.5) is 0 Å². The van der Waals surface area contributed by atoms with E-state index in [9.17, 15) is 0 Å². The number of hydrogen-bond acceptors (Lipinski definition) is 2. The molecule has 0 aliphatic rings. The lowest BCUT2D eigenvalue weighted by molar-refractivity contribution is 0.306. The zero-order valence-corrected chi connectivity index (χ0v) is 14.6. The van der Waals surface area contributed by atoms with E-state index in [4.69, 9.17) is 4.74 Å². The standard InChI is InChI=1S/C21H27NO/c1-5-21(17(2)15-22(3)4)19-12-9-13-20(14-19)23-16-18-10-7-6-8-11-18/h5-14,17H,15-16H2,1-4H3/t17-/m0/s1. The molecule has 0 spiro atoms. The highest BCUT2D eigenvalue weighted by atomic mass is 16.5. The Morgan fingerprint density at radius 1 is 1.09 bits per heavy atom. The maximum Gasteiger partial charge on any atom is 0.120 e. The van der Waals surface area contributed by atoms with Crippen molar-refractivity contribution in [3.63, 3.8) is 0 Å². The molecule has 0 amide bonds. The summed E-state index contributed by atoms with van der Waals surface area (Å²) in [5, 5.41) is 0. The number of nitrogens with zero attached hydrogens (tertiary/aromatic N) is 1. The van der Waals surface area contributed by atoms with Crippen LogP contribution in [0.15, 0.2) is 60.7 Å². The summed E-state index contributed by atoms with van der Waals surface area (Å²) >= 11 is 0. The van der Waals surface area contributed by atoms with Gasteiger partial charge in [-0.3, -0.25) is 0 Å².